The maximum atomic E-state index is 12.5. The first-order valence-electron chi connectivity index (χ1n) is 9.58. The number of hydrogen-bond acceptors (Lipinski definition) is 5. The van der Waals surface area contributed by atoms with Gasteiger partial charge in [0.15, 0.2) is 0 Å². The molecule has 0 aliphatic carbocycles. The van der Waals surface area contributed by atoms with Crippen LogP contribution in [0, 0.1) is 5.92 Å². The van der Waals surface area contributed by atoms with E-state index in [1.807, 2.05) is 9.80 Å². The third-order valence-electron chi connectivity index (χ3n) is 5.60. The number of carbonyl (C=O) groups is 2. The number of ether oxygens (including phenoxy) is 1. The van der Waals surface area contributed by atoms with Crippen molar-refractivity contribution in [2.75, 3.05) is 59.5 Å². The molecule has 2 fully saturated rings. The summed E-state index contributed by atoms with van der Waals surface area (Å²) in [4.78, 5) is 31.0. The lowest BCUT2D eigenvalue weighted by Crippen LogP contribution is -2.49. The number of hydrogen-bond donors (Lipinski definition) is 1. The molecule has 160 valence electrons. The highest BCUT2D eigenvalue weighted by atomic mass is 35.5. The summed E-state index contributed by atoms with van der Waals surface area (Å²) < 4.78 is 5.19. The summed E-state index contributed by atoms with van der Waals surface area (Å²) in [5.74, 6) is 0.786. The van der Waals surface area contributed by atoms with Crippen LogP contribution in [0.3, 0.4) is 0 Å². The number of nitrogens with zero attached hydrogens (tertiary/aromatic N) is 3. The second-order valence-corrected chi connectivity index (χ2v) is 7.14. The molecule has 9 heteroatoms. The molecule has 0 spiro atoms. The van der Waals surface area contributed by atoms with E-state index in [1.165, 1.54) is 0 Å². The third kappa shape index (κ3) is 8.11. The van der Waals surface area contributed by atoms with Gasteiger partial charge in [0.25, 0.3) is 0 Å². The van der Waals surface area contributed by atoms with Crippen LogP contribution in [0.2, 0.25) is 0 Å². The van der Waals surface area contributed by atoms with Crippen LogP contribution in [0.25, 0.3) is 0 Å². The molecule has 0 saturated carbocycles. The Morgan fingerprint density at radius 1 is 1.00 bits per heavy atom. The average Bonchev–Trinajstić information content (AvgIpc) is 2.66. The van der Waals surface area contributed by atoms with Gasteiger partial charge in [-0.05, 0) is 25.3 Å². The van der Waals surface area contributed by atoms with Crippen molar-refractivity contribution < 1.29 is 14.3 Å². The molecule has 2 aliphatic heterocycles. The highest BCUT2D eigenvalue weighted by molar-refractivity contribution is 5.85. The van der Waals surface area contributed by atoms with E-state index in [0.717, 1.165) is 58.7 Å². The van der Waals surface area contributed by atoms with E-state index in [0.29, 0.717) is 25.3 Å². The van der Waals surface area contributed by atoms with Crippen LogP contribution >= 0.6 is 24.8 Å². The molecular formula is C18H36Cl2N4O3. The predicted octanol–water partition coefficient (Wildman–Crippen LogP) is 0.987. The SMILES string of the molecule is CCN1CCN(C(=O)CC2CCN(C(=O)CC(CN)OC)CC2)CC1.Cl.Cl. The first kappa shape index (κ1) is 26.4. The lowest BCUT2D eigenvalue weighted by molar-refractivity contribution is -0.136. The fourth-order valence-electron chi connectivity index (χ4n) is 3.66. The zero-order valence-corrected chi connectivity index (χ0v) is 18.2. The van der Waals surface area contributed by atoms with Gasteiger partial charge in [-0.2, -0.15) is 0 Å². The van der Waals surface area contributed by atoms with E-state index in [-0.39, 0.29) is 42.7 Å². The molecule has 1 atom stereocenters. The average molecular weight is 427 g/mol. The van der Waals surface area contributed by atoms with E-state index in [4.69, 9.17) is 10.5 Å². The van der Waals surface area contributed by atoms with Gasteiger partial charge in [-0.25, -0.2) is 0 Å². The Morgan fingerprint density at radius 3 is 2.04 bits per heavy atom. The van der Waals surface area contributed by atoms with Gasteiger partial charge in [-0.15, -0.1) is 24.8 Å². The Hall–Kier alpha value is -0.600. The Kier molecular flexibility index (Phi) is 13.3. The van der Waals surface area contributed by atoms with Crippen molar-refractivity contribution in [3.8, 4) is 0 Å². The fraction of sp³-hybridized carbons (Fsp3) is 0.889. The summed E-state index contributed by atoms with van der Waals surface area (Å²) in [6, 6.07) is 0. The summed E-state index contributed by atoms with van der Waals surface area (Å²) in [5.41, 5.74) is 5.59. The van der Waals surface area contributed by atoms with Crippen molar-refractivity contribution in [2.45, 2.75) is 38.7 Å². The standard InChI is InChI=1S/C18H34N4O3.2ClH/c1-3-20-8-10-22(11-9-20)17(23)12-15-4-6-21(7-5-15)18(24)13-16(14-19)25-2;;/h15-16H,3-14,19H2,1-2H3;2*1H. The van der Waals surface area contributed by atoms with E-state index < -0.39 is 0 Å². The second-order valence-electron chi connectivity index (χ2n) is 7.14. The van der Waals surface area contributed by atoms with Crippen LogP contribution in [-0.2, 0) is 14.3 Å². The second kappa shape index (κ2) is 13.6. The van der Waals surface area contributed by atoms with Gasteiger partial charge in [0.1, 0.15) is 0 Å². The number of methoxy groups -OCH3 is 1. The van der Waals surface area contributed by atoms with Gasteiger partial charge in [0, 0.05) is 59.3 Å². The molecule has 0 bridgehead atoms. The van der Waals surface area contributed by atoms with Crippen molar-refractivity contribution in [1.29, 1.82) is 0 Å². The van der Waals surface area contributed by atoms with E-state index in [1.54, 1.807) is 7.11 Å². The number of amides is 2. The zero-order chi connectivity index (χ0) is 18.2. The Labute approximate surface area is 175 Å². The number of piperazine rings is 1. The maximum Gasteiger partial charge on any atom is 0.225 e. The first-order valence-corrected chi connectivity index (χ1v) is 9.58. The maximum absolute atomic E-state index is 12.5. The molecule has 2 amide bonds. The normalized spacial score (nSPS) is 19.8. The molecule has 0 aromatic heterocycles. The van der Waals surface area contributed by atoms with Gasteiger partial charge in [-0.3, -0.25) is 9.59 Å². The molecule has 0 aromatic carbocycles. The molecule has 1 unspecified atom stereocenters. The Morgan fingerprint density at radius 2 is 1.56 bits per heavy atom. The predicted molar refractivity (Wildman–Crippen MR) is 112 cm³/mol. The van der Waals surface area contributed by atoms with Gasteiger partial charge in [0.2, 0.25) is 11.8 Å². The van der Waals surface area contributed by atoms with Crippen molar-refractivity contribution in [3.05, 3.63) is 0 Å². The molecule has 2 saturated heterocycles. The third-order valence-corrected chi connectivity index (χ3v) is 5.60. The number of likely N-dealkylation sites (N-methyl/N-ethyl adjacent to an activating group) is 1. The highest BCUT2D eigenvalue weighted by Gasteiger charge is 2.28. The van der Waals surface area contributed by atoms with Gasteiger partial charge in [0.05, 0.1) is 12.5 Å². The number of halogens is 2. The summed E-state index contributed by atoms with van der Waals surface area (Å²) >= 11 is 0. The van der Waals surface area contributed by atoms with Crippen LogP contribution in [0.1, 0.15) is 32.6 Å². The van der Waals surface area contributed by atoms with Crippen LogP contribution in [0.5, 0.6) is 0 Å². The number of likely N-dealkylation sites (tertiary alicyclic amines) is 1. The van der Waals surface area contributed by atoms with Crippen LogP contribution < -0.4 is 5.73 Å². The topological polar surface area (TPSA) is 79.1 Å². The van der Waals surface area contributed by atoms with E-state index >= 15 is 0 Å². The minimum atomic E-state index is -0.200. The van der Waals surface area contributed by atoms with Crippen molar-refractivity contribution in [3.63, 3.8) is 0 Å². The highest BCUT2D eigenvalue weighted by Crippen LogP contribution is 2.22. The van der Waals surface area contributed by atoms with E-state index in [2.05, 4.69) is 11.8 Å². The van der Waals surface area contributed by atoms with Crippen molar-refractivity contribution >= 4 is 36.6 Å². The van der Waals surface area contributed by atoms with Crippen molar-refractivity contribution in [1.82, 2.24) is 14.7 Å². The molecule has 2 aliphatic rings. The summed E-state index contributed by atoms with van der Waals surface area (Å²) in [7, 11) is 1.59. The minimum Gasteiger partial charge on any atom is -0.380 e. The number of piperidine rings is 1. The van der Waals surface area contributed by atoms with E-state index in [9.17, 15) is 9.59 Å². The molecule has 27 heavy (non-hydrogen) atoms. The summed E-state index contributed by atoms with van der Waals surface area (Å²) in [5, 5.41) is 0. The van der Waals surface area contributed by atoms with Crippen LogP contribution in [-0.4, -0.2) is 92.1 Å². The van der Waals surface area contributed by atoms with Crippen LogP contribution in [0.15, 0.2) is 0 Å². The molecule has 2 N–H and O–H groups in total. The largest absolute Gasteiger partial charge is 0.380 e. The lowest BCUT2D eigenvalue weighted by atomic mass is 9.92. The molecule has 0 radical (unpaired) electrons. The fourth-order valence-corrected chi connectivity index (χ4v) is 3.66. The van der Waals surface area contributed by atoms with Gasteiger partial charge >= 0.3 is 0 Å². The minimum absolute atomic E-state index is 0. The molecule has 2 heterocycles. The lowest BCUT2D eigenvalue weighted by Gasteiger charge is -2.36. The monoisotopic (exact) mass is 426 g/mol. The Bertz CT molecular complexity index is 436. The van der Waals surface area contributed by atoms with Crippen LogP contribution in [0.4, 0.5) is 0 Å². The number of nitrogens with two attached hydrogens (primary N) is 1. The molecular weight excluding hydrogens is 391 g/mol. The van der Waals surface area contributed by atoms with Gasteiger partial charge in [-0.1, -0.05) is 6.92 Å². The quantitative estimate of drug-likeness (QED) is 0.656. The molecule has 0 aromatic rings. The summed E-state index contributed by atoms with van der Waals surface area (Å²) in [6.07, 6.45) is 2.59. The van der Waals surface area contributed by atoms with Crippen molar-refractivity contribution in [2.24, 2.45) is 11.7 Å². The Balaban J connectivity index is 0.00000338. The number of rotatable bonds is 7. The smallest absolute Gasteiger partial charge is 0.225 e. The first-order chi connectivity index (χ1) is 12.1. The molecule has 7 nitrogen and oxygen atoms in total. The summed E-state index contributed by atoms with van der Waals surface area (Å²) in [6.45, 7) is 8.72. The number of carbonyl (C=O) groups excluding carboxylic acids is 2. The zero-order valence-electron chi connectivity index (χ0n) is 16.6. The molecule has 2 rings (SSSR count). The van der Waals surface area contributed by atoms with Gasteiger partial charge < -0.3 is 25.2 Å².